The van der Waals surface area contributed by atoms with Crippen molar-refractivity contribution in [3.05, 3.63) is 48.5 Å². The molecular weight excluding hydrogens is 463 g/mol. The van der Waals surface area contributed by atoms with E-state index in [0.717, 1.165) is 0 Å². The number of piperazine rings is 1. The van der Waals surface area contributed by atoms with Crippen LogP contribution in [0.25, 0.3) is 0 Å². The molecule has 182 valence electrons. The standard InChI is InChI=1S/C22H27FN6O4S/c23-18-3-5-19(6-4-18)29-16-17(15-20(29)30)21(31)24-9-2-14-34(32,33)28-12-10-27(11-13-28)22-25-7-1-8-26-22/h1,3-8,17H,2,9-16H2,(H,24,31). The molecule has 4 rings (SSSR count). The number of anilines is 2. The first kappa shape index (κ1) is 24.0. The third-order valence-electron chi connectivity index (χ3n) is 5.98. The predicted molar refractivity (Wildman–Crippen MR) is 124 cm³/mol. The first-order valence-corrected chi connectivity index (χ1v) is 12.8. The fourth-order valence-corrected chi connectivity index (χ4v) is 5.60. The molecular formula is C22H27FN6O4S. The summed E-state index contributed by atoms with van der Waals surface area (Å²) in [6.07, 6.45) is 3.65. The zero-order chi connectivity index (χ0) is 24.1. The molecule has 1 atom stereocenters. The summed E-state index contributed by atoms with van der Waals surface area (Å²) in [7, 11) is -3.44. The number of aromatic nitrogens is 2. The van der Waals surface area contributed by atoms with Gasteiger partial charge in [-0.05, 0) is 36.8 Å². The van der Waals surface area contributed by atoms with Gasteiger partial charge in [0.1, 0.15) is 5.82 Å². The van der Waals surface area contributed by atoms with Crippen LogP contribution in [0.1, 0.15) is 12.8 Å². The molecule has 34 heavy (non-hydrogen) atoms. The van der Waals surface area contributed by atoms with Gasteiger partial charge in [0, 0.05) is 63.8 Å². The molecule has 3 heterocycles. The van der Waals surface area contributed by atoms with Crippen molar-refractivity contribution in [1.29, 1.82) is 0 Å². The Labute approximate surface area is 197 Å². The number of hydrogen-bond donors (Lipinski definition) is 1. The van der Waals surface area contributed by atoms with E-state index in [0.29, 0.717) is 37.8 Å². The van der Waals surface area contributed by atoms with Crippen molar-refractivity contribution in [2.75, 3.05) is 54.8 Å². The van der Waals surface area contributed by atoms with Crippen LogP contribution in [0.15, 0.2) is 42.7 Å². The Bertz CT molecular complexity index is 1110. The monoisotopic (exact) mass is 490 g/mol. The fraction of sp³-hybridized carbons (Fsp3) is 0.455. The van der Waals surface area contributed by atoms with Gasteiger partial charge in [-0.2, -0.15) is 4.31 Å². The number of carbonyl (C=O) groups is 2. The van der Waals surface area contributed by atoms with Crippen LogP contribution in [0.5, 0.6) is 0 Å². The van der Waals surface area contributed by atoms with Crippen molar-refractivity contribution < 1.29 is 22.4 Å². The molecule has 0 radical (unpaired) electrons. The first-order chi connectivity index (χ1) is 16.3. The Balaban J connectivity index is 1.19. The summed E-state index contributed by atoms with van der Waals surface area (Å²) in [4.78, 5) is 36.6. The van der Waals surface area contributed by atoms with Gasteiger partial charge >= 0.3 is 0 Å². The molecule has 0 saturated carbocycles. The number of amides is 2. The fourth-order valence-electron chi connectivity index (χ4n) is 4.11. The highest BCUT2D eigenvalue weighted by Crippen LogP contribution is 2.25. The molecule has 2 aliphatic heterocycles. The van der Waals surface area contributed by atoms with E-state index in [-0.39, 0.29) is 43.5 Å². The largest absolute Gasteiger partial charge is 0.356 e. The number of sulfonamides is 1. The number of nitrogens with zero attached hydrogens (tertiary/aromatic N) is 5. The molecule has 1 aromatic carbocycles. The second-order valence-corrected chi connectivity index (χ2v) is 10.4. The van der Waals surface area contributed by atoms with Gasteiger partial charge in [-0.1, -0.05) is 0 Å². The molecule has 1 unspecified atom stereocenters. The molecule has 2 aliphatic rings. The molecule has 2 amide bonds. The van der Waals surface area contributed by atoms with Crippen LogP contribution in [0.4, 0.5) is 16.0 Å². The van der Waals surface area contributed by atoms with Crippen molar-refractivity contribution >= 4 is 33.5 Å². The summed E-state index contributed by atoms with van der Waals surface area (Å²) in [6.45, 7) is 2.16. The van der Waals surface area contributed by atoms with Crippen LogP contribution in [0.3, 0.4) is 0 Å². The van der Waals surface area contributed by atoms with Gasteiger partial charge < -0.3 is 15.1 Å². The molecule has 2 fully saturated rings. The van der Waals surface area contributed by atoms with E-state index in [1.165, 1.54) is 33.5 Å². The lowest BCUT2D eigenvalue weighted by molar-refractivity contribution is -0.126. The van der Waals surface area contributed by atoms with Gasteiger partial charge in [0.15, 0.2) is 0 Å². The van der Waals surface area contributed by atoms with E-state index in [2.05, 4.69) is 15.3 Å². The van der Waals surface area contributed by atoms with Gasteiger partial charge in [0.25, 0.3) is 0 Å². The number of halogens is 1. The van der Waals surface area contributed by atoms with Gasteiger partial charge in [0.2, 0.25) is 27.8 Å². The van der Waals surface area contributed by atoms with Crippen molar-refractivity contribution in [2.45, 2.75) is 12.8 Å². The predicted octanol–water partition coefficient (Wildman–Crippen LogP) is 0.627. The minimum Gasteiger partial charge on any atom is -0.356 e. The second kappa shape index (κ2) is 10.4. The van der Waals surface area contributed by atoms with Gasteiger partial charge in [-0.25, -0.2) is 22.8 Å². The molecule has 10 nitrogen and oxygen atoms in total. The minimum absolute atomic E-state index is 0.0664. The Kier molecular flexibility index (Phi) is 7.37. The Morgan fingerprint density at radius 3 is 2.44 bits per heavy atom. The number of rotatable bonds is 8. The van der Waals surface area contributed by atoms with E-state index in [4.69, 9.17) is 0 Å². The highest BCUT2D eigenvalue weighted by atomic mass is 32.2. The maximum absolute atomic E-state index is 13.1. The van der Waals surface area contributed by atoms with E-state index >= 15 is 0 Å². The van der Waals surface area contributed by atoms with Crippen LogP contribution in [-0.2, 0) is 19.6 Å². The first-order valence-electron chi connectivity index (χ1n) is 11.2. The molecule has 0 spiro atoms. The summed E-state index contributed by atoms with van der Waals surface area (Å²) in [6, 6.07) is 7.28. The maximum Gasteiger partial charge on any atom is 0.227 e. The summed E-state index contributed by atoms with van der Waals surface area (Å²) in [5, 5.41) is 2.74. The molecule has 2 saturated heterocycles. The zero-order valence-corrected chi connectivity index (χ0v) is 19.5. The summed E-state index contributed by atoms with van der Waals surface area (Å²) in [5.74, 6) is -0.888. The second-order valence-electron chi connectivity index (χ2n) is 8.28. The molecule has 0 aliphatic carbocycles. The van der Waals surface area contributed by atoms with E-state index in [1.807, 2.05) is 4.90 Å². The lowest BCUT2D eigenvalue weighted by Gasteiger charge is -2.33. The topological polar surface area (TPSA) is 116 Å². The van der Waals surface area contributed by atoms with Crippen LogP contribution in [-0.4, -0.2) is 79.5 Å². The normalized spacial score (nSPS) is 19.4. The highest BCUT2D eigenvalue weighted by Gasteiger charge is 2.35. The van der Waals surface area contributed by atoms with E-state index in [1.54, 1.807) is 18.5 Å². The maximum atomic E-state index is 13.1. The third kappa shape index (κ3) is 5.68. The van der Waals surface area contributed by atoms with E-state index < -0.39 is 21.8 Å². The lowest BCUT2D eigenvalue weighted by atomic mass is 10.1. The molecule has 1 aromatic heterocycles. The summed E-state index contributed by atoms with van der Waals surface area (Å²) >= 11 is 0. The van der Waals surface area contributed by atoms with Gasteiger partial charge in [-0.3, -0.25) is 9.59 Å². The summed E-state index contributed by atoms with van der Waals surface area (Å²) < 4.78 is 39.9. The molecule has 2 aromatic rings. The van der Waals surface area contributed by atoms with Crippen LogP contribution in [0.2, 0.25) is 0 Å². The Morgan fingerprint density at radius 2 is 1.76 bits per heavy atom. The van der Waals surface area contributed by atoms with Crippen molar-refractivity contribution in [1.82, 2.24) is 19.6 Å². The lowest BCUT2D eigenvalue weighted by Crippen LogP contribution is -2.50. The SMILES string of the molecule is O=C(NCCCS(=O)(=O)N1CCN(c2ncccn2)CC1)C1CC(=O)N(c2ccc(F)cc2)C1. The van der Waals surface area contributed by atoms with Gasteiger partial charge in [0.05, 0.1) is 11.7 Å². The molecule has 1 N–H and O–H groups in total. The van der Waals surface area contributed by atoms with Crippen molar-refractivity contribution in [3.8, 4) is 0 Å². The van der Waals surface area contributed by atoms with Gasteiger partial charge in [-0.15, -0.1) is 0 Å². The van der Waals surface area contributed by atoms with E-state index in [9.17, 15) is 22.4 Å². The molecule has 0 bridgehead atoms. The highest BCUT2D eigenvalue weighted by molar-refractivity contribution is 7.89. The Hall–Kier alpha value is -3.12. The quantitative estimate of drug-likeness (QED) is 0.540. The van der Waals surface area contributed by atoms with Crippen LogP contribution in [0, 0.1) is 11.7 Å². The zero-order valence-electron chi connectivity index (χ0n) is 18.6. The van der Waals surface area contributed by atoms with Crippen molar-refractivity contribution in [2.24, 2.45) is 5.92 Å². The average molecular weight is 491 g/mol. The van der Waals surface area contributed by atoms with Crippen molar-refractivity contribution in [3.63, 3.8) is 0 Å². The third-order valence-corrected chi connectivity index (χ3v) is 7.94. The molecule has 12 heteroatoms. The smallest absolute Gasteiger partial charge is 0.227 e. The van der Waals surface area contributed by atoms with Crippen LogP contribution < -0.4 is 15.1 Å². The minimum atomic E-state index is -3.44. The summed E-state index contributed by atoms with van der Waals surface area (Å²) in [5.41, 5.74) is 0.548. The average Bonchev–Trinajstić information content (AvgIpc) is 3.24. The number of carbonyl (C=O) groups excluding carboxylic acids is 2. The number of benzene rings is 1. The number of hydrogen-bond acceptors (Lipinski definition) is 7. The Morgan fingerprint density at radius 1 is 1.09 bits per heavy atom. The number of nitrogens with one attached hydrogen (secondary N) is 1. The van der Waals surface area contributed by atoms with Crippen LogP contribution >= 0.6 is 0 Å².